The fourth-order valence-electron chi connectivity index (χ4n) is 2.19. The van der Waals surface area contributed by atoms with Crippen LogP contribution in [0.25, 0.3) is 0 Å². The molecule has 0 saturated carbocycles. The quantitative estimate of drug-likeness (QED) is 0.884. The highest BCUT2D eigenvalue weighted by Crippen LogP contribution is 2.44. The molecule has 1 aromatic carbocycles. The molecule has 0 heterocycles. The van der Waals surface area contributed by atoms with Crippen LogP contribution in [-0.4, -0.2) is 23.3 Å². The maximum absolute atomic E-state index is 10.9. The Hall–Kier alpha value is -1.42. The molecule has 100 valence electrons. The van der Waals surface area contributed by atoms with Gasteiger partial charge in [-0.05, 0) is 24.1 Å². The largest absolute Gasteiger partial charge is 0.503 e. The summed E-state index contributed by atoms with van der Waals surface area (Å²) in [6.07, 6.45) is -0.0701. The van der Waals surface area contributed by atoms with E-state index in [4.69, 9.17) is 21.4 Å². The molecule has 0 aromatic heterocycles. The molecule has 4 nitrogen and oxygen atoms in total. The maximum atomic E-state index is 10.9. The second kappa shape index (κ2) is 5.06. The number of carboxylic acid groups (broad SMARTS) is 1. The number of halogens is 1. The minimum Gasteiger partial charge on any atom is -0.503 e. The van der Waals surface area contributed by atoms with E-state index >= 15 is 0 Å². The number of rotatable bonds is 4. The van der Waals surface area contributed by atoms with Crippen LogP contribution in [0.3, 0.4) is 0 Å². The first-order valence-electron chi connectivity index (χ1n) is 5.49. The molecule has 0 radical (unpaired) electrons. The predicted octanol–water partition coefficient (Wildman–Crippen LogP) is 3.11. The second-order valence-electron chi connectivity index (χ2n) is 4.89. The molecular formula is C13H17ClO4. The van der Waals surface area contributed by atoms with Gasteiger partial charge in [0.1, 0.15) is 0 Å². The van der Waals surface area contributed by atoms with Crippen LogP contribution < -0.4 is 4.74 Å². The predicted molar refractivity (Wildman–Crippen MR) is 69.7 cm³/mol. The minimum absolute atomic E-state index is 0.0701. The normalized spacial score (nSPS) is 11.4. The Kier molecular flexibility index (Phi) is 4.12. The van der Waals surface area contributed by atoms with E-state index < -0.39 is 11.4 Å². The van der Waals surface area contributed by atoms with Crippen LogP contribution in [0.2, 0.25) is 5.02 Å². The first-order chi connectivity index (χ1) is 8.20. The van der Waals surface area contributed by atoms with E-state index in [2.05, 4.69) is 0 Å². The van der Waals surface area contributed by atoms with Crippen molar-refractivity contribution in [1.82, 2.24) is 0 Å². The van der Waals surface area contributed by atoms with Crippen molar-refractivity contribution in [1.29, 1.82) is 0 Å². The van der Waals surface area contributed by atoms with Crippen LogP contribution in [0.15, 0.2) is 6.07 Å². The second-order valence-corrected chi connectivity index (χ2v) is 5.27. The van der Waals surface area contributed by atoms with Gasteiger partial charge in [-0.25, -0.2) is 0 Å². The standard InChI is InChI=1S/C13H17ClO4/c1-7-5-8(18-4)12(17)11(14)10(7)13(2,3)6-9(15)16/h5,17H,6H2,1-4H3,(H,15,16). The molecule has 0 unspecified atom stereocenters. The van der Waals surface area contributed by atoms with Gasteiger partial charge in [-0.15, -0.1) is 0 Å². The number of aliphatic carboxylic acids is 1. The Bertz CT molecular complexity index is 480. The molecule has 0 aliphatic rings. The number of carbonyl (C=O) groups is 1. The highest BCUT2D eigenvalue weighted by molar-refractivity contribution is 6.33. The lowest BCUT2D eigenvalue weighted by molar-refractivity contribution is -0.138. The molecule has 0 aliphatic carbocycles. The number of carboxylic acids is 1. The highest BCUT2D eigenvalue weighted by atomic mass is 35.5. The number of benzene rings is 1. The highest BCUT2D eigenvalue weighted by Gasteiger charge is 2.30. The van der Waals surface area contributed by atoms with Crippen molar-refractivity contribution in [2.24, 2.45) is 0 Å². The number of phenols is 1. The van der Waals surface area contributed by atoms with E-state index in [0.717, 1.165) is 5.56 Å². The van der Waals surface area contributed by atoms with E-state index in [1.807, 2.05) is 6.92 Å². The number of methoxy groups -OCH3 is 1. The summed E-state index contributed by atoms with van der Waals surface area (Å²) in [5, 5.41) is 19.0. The van der Waals surface area contributed by atoms with Gasteiger partial charge in [-0.2, -0.15) is 0 Å². The van der Waals surface area contributed by atoms with E-state index in [9.17, 15) is 9.90 Å². The molecule has 2 N–H and O–H groups in total. The van der Waals surface area contributed by atoms with Crippen molar-refractivity contribution in [2.75, 3.05) is 7.11 Å². The Labute approximate surface area is 111 Å². The van der Waals surface area contributed by atoms with Crippen molar-refractivity contribution in [3.8, 4) is 11.5 Å². The van der Waals surface area contributed by atoms with Crippen LogP contribution in [0.4, 0.5) is 0 Å². The molecule has 0 spiro atoms. The summed E-state index contributed by atoms with van der Waals surface area (Å²) in [7, 11) is 1.44. The zero-order valence-electron chi connectivity index (χ0n) is 10.9. The molecule has 1 rings (SSSR count). The zero-order valence-corrected chi connectivity index (χ0v) is 11.6. The van der Waals surface area contributed by atoms with Gasteiger partial charge in [0, 0.05) is 5.41 Å². The van der Waals surface area contributed by atoms with Gasteiger partial charge in [0.15, 0.2) is 11.5 Å². The fraction of sp³-hybridized carbons (Fsp3) is 0.462. The van der Waals surface area contributed by atoms with Gasteiger partial charge in [0.2, 0.25) is 0 Å². The minimum atomic E-state index is -0.911. The molecule has 0 aliphatic heterocycles. The third kappa shape index (κ3) is 2.70. The third-order valence-corrected chi connectivity index (χ3v) is 3.26. The van der Waals surface area contributed by atoms with Gasteiger partial charge in [0.05, 0.1) is 18.6 Å². The molecule has 18 heavy (non-hydrogen) atoms. The van der Waals surface area contributed by atoms with E-state index in [-0.39, 0.29) is 22.9 Å². The van der Waals surface area contributed by atoms with E-state index in [1.165, 1.54) is 7.11 Å². The van der Waals surface area contributed by atoms with Crippen molar-refractivity contribution in [2.45, 2.75) is 32.6 Å². The summed E-state index contributed by atoms with van der Waals surface area (Å²) in [6, 6.07) is 1.65. The van der Waals surface area contributed by atoms with Gasteiger partial charge in [0.25, 0.3) is 0 Å². The smallest absolute Gasteiger partial charge is 0.304 e. The van der Waals surface area contributed by atoms with Crippen LogP contribution in [0.5, 0.6) is 11.5 Å². The molecule has 0 saturated heterocycles. The number of phenolic OH excluding ortho intramolecular Hbond substituents is 1. The maximum Gasteiger partial charge on any atom is 0.304 e. The number of hydrogen-bond donors (Lipinski definition) is 2. The summed E-state index contributed by atoms with van der Waals surface area (Å²) in [6.45, 7) is 5.37. The Balaban J connectivity index is 3.42. The van der Waals surface area contributed by atoms with Crippen molar-refractivity contribution < 1.29 is 19.7 Å². The van der Waals surface area contributed by atoms with Gasteiger partial charge in [-0.1, -0.05) is 25.4 Å². The number of aromatic hydroxyl groups is 1. The lowest BCUT2D eigenvalue weighted by Gasteiger charge is -2.27. The zero-order chi connectivity index (χ0) is 14.1. The summed E-state index contributed by atoms with van der Waals surface area (Å²) in [4.78, 5) is 10.9. The first kappa shape index (κ1) is 14.6. The molecule has 0 bridgehead atoms. The van der Waals surface area contributed by atoms with E-state index in [0.29, 0.717) is 5.56 Å². The lowest BCUT2D eigenvalue weighted by atomic mass is 9.79. The number of ether oxygens (including phenoxy) is 1. The summed E-state index contributed by atoms with van der Waals surface area (Å²) in [5.41, 5.74) is 0.752. The van der Waals surface area contributed by atoms with E-state index in [1.54, 1.807) is 19.9 Å². The van der Waals surface area contributed by atoms with Crippen LogP contribution in [0, 0.1) is 6.92 Å². The Morgan fingerprint density at radius 3 is 2.50 bits per heavy atom. The Morgan fingerprint density at radius 1 is 1.50 bits per heavy atom. The van der Waals surface area contributed by atoms with Gasteiger partial charge < -0.3 is 14.9 Å². The van der Waals surface area contributed by atoms with Gasteiger partial charge >= 0.3 is 5.97 Å². The molecule has 0 atom stereocenters. The first-order valence-corrected chi connectivity index (χ1v) is 5.87. The summed E-state index contributed by atoms with van der Waals surface area (Å²) >= 11 is 6.13. The van der Waals surface area contributed by atoms with Crippen molar-refractivity contribution in [3.63, 3.8) is 0 Å². The Morgan fingerprint density at radius 2 is 2.06 bits per heavy atom. The number of hydrogen-bond acceptors (Lipinski definition) is 3. The SMILES string of the molecule is COc1cc(C)c(C(C)(C)CC(=O)O)c(Cl)c1O. The number of aryl methyl sites for hydroxylation is 1. The topological polar surface area (TPSA) is 66.8 Å². The molecule has 5 heteroatoms. The average Bonchev–Trinajstić information content (AvgIpc) is 2.21. The third-order valence-electron chi connectivity index (χ3n) is 2.89. The fourth-order valence-corrected chi connectivity index (χ4v) is 2.69. The summed E-state index contributed by atoms with van der Waals surface area (Å²) < 4.78 is 5.00. The lowest BCUT2D eigenvalue weighted by Crippen LogP contribution is -2.23. The van der Waals surface area contributed by atoms with Gasteiger partial charge in [-0.3, -0.25) is 4.79 Å². The molecular weight excluding hydrogens is 256 g/mol. The van der Waals surface area contributed by atoms with Crippen LogP contribution >= 0.6 is 11.6 Å². The van der Waals surface area contributed by atoms with Crippen LogP contribution in [0.1, 0.15) is 31.4 Å². The van der Waals surface area contributed by atoms with Crippen LogP contribution in [-0.2, 0) is 10.2 Å². The molecule has 0 amide bonds. The summed E-state index contributed by atoms with van der Waals surface area (Å²) in [5.74, 6) is -0.781. The van der Waals surface area contributed by atoms with Crippen molar-refractivity contribution >= 4 is 17.6 Å². The average molecular weight is 273 g/mol. The van der Waals surface area contributed by atoms with Crippen molar-refractivity contribution in [3.05, 3.63) is 22.2 Å². The molecule has 1 aromatic rings. The monoisotopic (exact) mass is 272 g/mol. The molecule has 0 fully saturated rings.